The zero-order valence-electron chi connectivity index (χ0n) is 12.6. The second kappa shape index (κ2) is 5.63. The van der Waals surface area contributed by atoms with E-state index in [4.69, 9.17) is 4.42 Å². The lowest BCUT2D eigenvalue weighted by molar-refractivity contribution is 0.457. The van der Waals surface area contributed by atoms with Gasteiger partial charge in [0.2, 0.25) is 0 Å². The van der Waals surface area contributed by atoms with Gasteiger partial charge in [0.05, 0.1) is 6.04 Å². The third-order valence-electron chi connectivity index (χ3n) is 3.34. The molecule has 0 spiro atoms. The summed E-state index contributed by atoms with van der Waals surface area (Å²) in [4.78, 5) is 18.6. The van der Waals surface area contributed by atoms with Gasteiger partial charge in [-0.05, 0) is 40.7 Å². The molecule has 0 amide bonds. The molecule has 0 aromatic carbocycles. The molecule has 0 saturated heterocycles. The Morgan fingerprint density at radius 1 is 1.20 bits per heavy atom. The van der Waals surface area contributed by atoms with Crippen LogP contribution < -0.4 is 10.9 Å². The summed E-state index contributed by atoms with van der Waals surface area (Å²) in [5.41, 5.74) is 1.73. The quantitative estimate of drug-likeness (QED) is 0.900. The van der Waals surface area contributed by atoms with Crippen molar-refractivity contribution in [2.75, 3.05) is 0 Å². The number of rotatable bonds is 4. The Morgan fingerprint density at radius 3 is 2.45 bits per heavy atom. The SMILES string of the molecule is Cc1cc(=O)[nH]c([C@H](C)N[C@@H](C)c2cc(C)oc2C)n1. The number of furan rings is 1. The molecule has 0 fully saturated rings. The fraction of sp³-hybridized carbons (Fsp3) is 0.467. The van der Waals surface area contributed by atoms with E-state index >= 15 is 0 Å². The van der Waals surface area contributed by atoms with Crippen LogP contribution in [0.4, 0.5) is 0 Å². The average molecular weight is 275 g/mol. The summed E-state index contributed by atoms with van der Waals surface area (Å²) >= 11 is 0. The summed E-state index contributed by atoms with van der Waals surface area (Å²) in [5.74, 6) is 2.47. The molecule has 0 aliphatic rings. The number of aromatic nitrogens is 2. The Hall–Kier alpha value is -1.88. The maximum absolute atomic E-state index is 11.5. The minimum Gasteiger partial charge on any atom is -0.466 e. The van der Waals surface area contributed by atoms with E-state index in [9.17, 15) is 4.79 Å². The van der Waals surface area contributed by atoms with Crippen molar-refractivity contribution in [2.45, 2.75) is 46.7 Å². The van der Waals surface area contributed by atoms with Crippen molar-refractivity contribution in [1.29, 1.82) is 0 Å². The first kappa shape index (κ1) is 14.5. The van der Waals surface area contributed by atoms with E-state index < -0.39 is 0 Å². The molecule has 2 heterocycles. The number of nitrogens with one attached hydrogen (secondary N) is 2. The van der Waals surface area contributed by atoms with Crippen LogP contribution in [-0.4, -0.2) is 9.97 Å². The molecule has 2 atom stereocenters. The Kier molecular flexibility index (Phi) is 4.09. The molecule has 0 aliphatic heterocycles. The summed E-state index contributed by atoms with van der Waals surface area (Å²) < 4.78 is 5.55. The van der Waals surface area contributed by atoms with Gasteiger partial charge in [0.15, 0.2) is 0 Å². The molecule has 108 valence electrons. The normalized spacial score (nSPS) is 14.2. The Balaban J connectivity index is 2.16. The molecule has 0 saturated carbocycles. The lowest BCUT2D eigenvalue weighted by Gasteiger charge is -2.19. The molecule has 0 bridgehead atoms. The molecule has 2 aromatic heterocycles. The maximum Gasteiger partial charge on any atom is 0.251 e. The number of nitrogens with zero attached hydrogens (tertiary/aromatic N) is 1. The predicted molar refractivity (Wildman–Crippen MR) is 77.7 cm³/mol. The molecule has 2 rings (SSSR count). The number of hydrogen-bond acceptors (Lipinski definition) is 4. The smallest absolute Gasteiger partial charge is 0.251 e. The molecule has 0 radical (unpaired) electrons. The van der Waals surface area contributed by atoms with Crippen LogP contribution in [-0.2, 0) is 0 Å². The van der Waals surface area contributed by atoms with Crippen molar-refractivity contribution in [3.63, 3.8) is 0 Å². The fourth-order valence-corrected chi connectivity index (χ4v) is 2.43. The third-order valence-corrected chi connectivity index (χ3v) is 3.34. The highest BCUT2D eigenvalue weighted by molar-refractivity contribution is 5.23. The Bertz CT molecular complexity index is 657. The van der Waals surface area contributed by atoms with E-state index in [-0.39, 0.29) is 17.6 Å². The van der Waals surface area contributed by atoms with Gasteiger partial charge < -0.3 is 14.7 Å². The van der Waals surface area contributed by atoms with Gasteiger partial charge >= 0.3 is 0 Å². The summed E-state index contributed by atoms with van der Waals surface area (Å²) in [6, 6.07) is 3.59. The number of H-pyrrole nitrogens is 1. The van der Waals surface area contributed by atoms with Crippen LogP contribution >= 0.6 is 0 Å². The Labute approximate surface area is 118 Å². The van der Waals surface area contributed by atoms with Gasteiger partial charge in [0.25, 0.3) is 5.56 Å². The summed E-state index contributed by atoms with van der Waals surface area (Å²) in [6.07, 6.45) is 0. The Morgan fingerprint density at radius 2 is 1.90 bits per heavy atom. The predicted octanol–water partition coefficient (Wildman–Crippen LogP) is 2.70. The lowest BCUT2D eigenvalue weighted by Crippen LogP contribution is -2.26. The minimum atomic E-state index is -0.121. The van der Waals surface area contributed by atoms with E-state index in [1.807, 2.05) is 33.8 Å². The van der Waals surface area contributed by atoms with Crippen molar-refractivity contribution in [1.82, 2.24) is 15.3 Å². The molecule has 20 heavy (non-hydrogen) atoms. The average Bonchev–Trinajstić information content (AvgIpc) is 2.67. The molecule has 2 aromatic rings. The van der Waals surface area contributed by atoms with Crippen LogP contribution in [0.2, 0.25) is 0 Å². The fourth-order valence-electron chi connectivity index (χ4n) is 2.43. The largest absolute Gasteiger partial charge is 0.466 e. The van der Waals surface area contributed by atoms with E-state index in [0.29, 0.717) is 5.82 Å². The maximum atomic E-state index is 11.5. The highest BCUT2D eigenvalue weighted by Gasteiger charge is 2.17. The van der Waals surface area contributed by atoms with Crippen molar-refractivity contribution in [3.8, 4) is 0 Å². The topological polar surface area (TPSA) is 70.9 Å². The van der Waals surface area contributed by atoms with E-state index in [2.05, 4.69) is 22.2 Å². The van der Waals surface area contributed by atoms with E-state index in [1.54, 1.807) is 0 Å². The third kappa shape index (κ3) is 3.17. The monoisotopic (exact) mass is 275 g/mol. The van der Waals surface area contributed by atoms with Gasteiger partial charge in [-0.15, -0.1) is 0 Å². The summed E-state index contributed by atoms with van der Waals surface area (Å²) in [7, 11) is 0. The standard InChI is InChI=1S/C15H21N3O2/c1-8-6-14(19)18-15(16-8)11(4)17-10(3)13-7-9(2)20-12(13)5/h6-7,10-11,17H,1-5H3,(H,16,18,19)/t10-,11-/m0/s1. The first-order chi connectivity index (χ1) is 9.36. The zero-order valence-corrected chi connectivity index (χ0v) is 12.6. The molecule has 2 N–H and O–H groups in total. The van der Waals surface area contributed by atoms with Gasteiger partial charge in [0.1, 0.15) is 17.3 Å². The molecule has 0 unspecified atom stereocenters. The van der Waals surface area contributed by atoms with Crippen molar-refractivity contribution >= 4 is 0 Å². The second-order valence-electron chi connectivity index (χ2n) is 5.25. The lowest BCUT2D eigenvalue weighted by atomic mass is 10.1. The van der Waals surface area contributed by atoms with Gasteiger partial charge in [-0.1, -0.05) is 0 Å². The summed E-state index contributed by atoms with van der Waals surface area (Å²) in [5, 5.41) is 3.43. The molecule has 5 heteroatoms. The first-order valence-electron chi connectivity index (χ1n) is 6.77. The van der Waals surface area contributed by atoms with Crippen LogP contribution in [0.1, 0.15) is 54.5 Å². The van der Waals surface area contributed by atoms with Gasteiger partial charge in [-0.3, -0.25) is 4.79 Å². The minimum absolute atomic E-state index is 0.0489. The molecular weight excluding hydrogens is 254 g/mol. The second-order valence-corrected chi connectivity index (χ2v) is 5.25. The van der Waals surface area contributed by atoms with Crippen LogP contribution in [0.15, 0.2) is 21.3 Å². The van der Waals surface area contributed by atoms with Crippen molar-refractivity contribution in [3.05, 3.63) is 51.1 Å². The number of aromatic amines is 1. The highest BCUT2D eigenvalue weighted by atomic mass is 16.3. The van der Waals surface area contributed by atoms with Crippen LogP contribution in [0, 0.1) is 20.8 Å². The van der Waals surface area contributed by atoms with Gasteiger partial charge in [0, 0.05) is 23.4 Å². The molecule has 5 nitrogen and oxygen atoms in total. The summed E-state index contributed by atoms with van der Waals surface area (Å²) in [6.45, 7) is 9.76. The van der Waals surface area contributed by atoms with Gasteiger partial charge in [-0.25, -0.2) is 4.98 Å². The van der Waals surface area contributed by atoms with Crippen molar-refractivity contribution in [2.24, 2.45) is 0 Å². The number of hydrogen-bond donors (Lipinski definition) is 2. The van der Waals surface area contributed by atoms with Gasteiger partial charge in [-0.2, -0.15) is 0 Å². The van der Waals surface area contributed by atoms with Crippen LogP contribution in [0.3, 0.4) is 0 Å². The highest BCUT2D eigenvalue weighted by Crippen LogP contribution is 2.23. The van der Waals surface area contributed by atoms with E-state index in [0.717, 1.165) is 22.8 Å². The number of aryl methyl sites for hydroxylation is 3. The van der Waals surface area contributed by atoms with Crippen LogP contribution in [0.5, 0.6) is 0 Å². The zero-order chi connectivity index (χ0) is 14.9. The van der Waals surface area contributed by atoms with E-state index in [1.165, 1.54) is 6.07 Å². The molecule has 0 aliphatic carbocycles. The first-order valence-corrected chi connectivity index (χ1v) is 6.77. The molecular formula is C15H21N3O2. The van der Waals surface area contributed by atoms with Crippen LogP contribution in [0.25, 0.3) is 0 Å². The van der Waals surface area contributed by atoms with Crippen molar-refractivity contribution < 1.29 is 4.42 Å².